The normalized spacial score (nSPS) is 17.2. The summed E-state index contributed by atoms with van der Waals surface area (Å²) in [5, 5.41) is 21.7. The lowest BCUT2D eigenvalue weighted by molar-refractivity contribution is -0.215. The zero-order chi connectivity index (χ0) is 19.7. The molecule has 0 fully saturated rings. The molecule has 0 aromatic carbocycles. The van der Waals surface area contributed by atoms with Crippen molar-refractivity contribution in [2.24, 2.45) is 10.8 Å². The van der Waals surface area contributed by atoms with Gasteiger partial charge in [-0.1, -0.05) is 41.5 Å². The molecule has 0 heterocycles. The lowest BCUT2D eigenvalue weighted by Gasteiger charge is -2.41. The van der Waals surface area contributed by atoms with E-state index in [1.165, 1.54) is 41.5 Å². The molecule has 0 saturated carbocycles. The van der Waals surface area contributed by atoms with E-state index < -0.39 is 45.5 Å². The lowest BCUT2D eigenvalue weighted by Crippen LogP contribution is -2.75. The Bertz CT molecular complexity index is 501. The SMILES string of the molecule is COC(=O)C(O)(C(=O)C(C)(C)C)C(O)(C(=O)OC)C(=O)C(C)(C)C. The van der Waals surface area contributed by atoms with Gasteiger partial charge in [0.1, 0.15) is 0 Å². The van der Waals surface area contributed by atoms with Crippen LogP contribution >= 0.6 is 0 Å². The van der Waals surface area contributed by atoms with Gasteiger partial charge in [-0.15, -0.1) is 0 Å². The highest BCUT2D eigenvalue weighted by Gasteiger charge is 2.72. The average molecular weight is 346 g/mol. The lowest BCUT2D eigenvalue weighted by atomic mass is 9.65. The predicted octanol–water partition coefficient (Wildman–Crippen LogP) is 0.0250. The fourth-order valence-electron chi connectivity index (χ4n) is 2.19. The highest BCUT2D eigenvalue weighted by molar-refractivity contribution is 6.24. The van der Waals surface area contributed by atoms with Gasteiger partial charge in [0, 0.05) is 10.8 Å². The molecule has 138 valence electrons. The molecule has 0 aliphatic heterocycles. The van der Waals surface area contributed by atoms with E-state index >= 15 is 0 Å². The van der Waals surface area contributed by atoms with Gasteiger partial charge in [-0.2, -0.15) is 0 Å². The van der Waals surface area contributed by atoms with Crippen molar-refractivity contribution in [1.82, 2.24) is 0 Å². The van der Waals surface area contributed by atoms with Crippen molar-refractivity contribution in [3.63, 3.8) is 0 Å². The van der Waals surface area contributed by atoms with Gasteiger partial charge in [-0.25, -0.2) is 9.59 Å². The van der Waals surface area contributed by atoms with Crippen LogP contribution in [0.3, 0.4) is 0 Å². The minimum atomic E-state index is -3.46. The first-order valence-electron chi connectivity index (χ1n) is 7.24. The van der Waals surface area contributed by atoms with E-state index in [0.29, 0.717) is 0 Å². The van der Waals surface area contributed by atoms with Crippen molar-refractivity contribution in [2.75, 3.05) is 14.2 Å². The molecule has 24 heavy (non-hydrogen) atoms. The molecule has 8 heteroatoms. The van der Waals surface area contributed by atoms with Crippen LogP contribution in [0.1, 0.15) is 41.5 Å². The Morgan fingerprint density at radius 1 is 0.625 bits per heavy atom. The number of esters is 2. The molecule has 0 aliphatic carbocycles. The van der Waals surface area contributed by atoms with Crippen molar-refractivity contribution in [3.05, 3.63) is 0 Å². The third-order valence-electron chi connectivity index (χ3n) is 3.50. The summed E-state index contributed by atoms with van der Waals surface area (Å²) >= 11 is 0. The van der Waals surface area contributed by atoms with E-state index in [1.54, 1.807) is 0 Å². The fraction of sp³-hybridized carbons (Fsp3) is 0.750. The summed E-state index contributed by atoms with van der Waals surface area (Å²) in [5.74, 6) is -5.78. The van der Waals surface area contributed by atoms with E-state index in [4.69, 9.17) is 0 Å². The van der Waals surface area contributed by atoms with Crippen LogP contribution in [-0.4, -0.2) is 59.1 Å². The second kappa shape index (κ2) is 6.60. The quantitative estimate of drug-likeness (QED) is 0.527. The molecule has 2 atom stereocenters. The third-order valence-corrected chi connectivity index (χ3v) is 3.50. The topological polar surface area (TPSA) is 127 Å². The minimum absolute atomic E-state index is 0.850. The van der Waals surface area contributed by atoms with Crippen LogP contribution in [-0.2, 0) is 28.7 Å². The van der Waals surface area contributed by atoms with Gasteiger partial charge in [0.05, 0.1) is 14.2 Å². The van der Waals surface area contributed by atoms with Crippen LogP contribution < -0.4 is 0 Å². The van der Waals surface area contributed by atoms with Crippen molar-refractivity contribution in [1.29, 1.82) is 0 Å². The molecule has 0 radical (unpaired) electrons. The van der Waals surface area contributed by atoms with Crippen molar-refractivity contribution in [2.45, 2.75) is 52.7 Å². The highest BCUT2D eigenvalue weighted by atomic mass is 16.6. The fourth-order valence-corrected chi connectivity index (χ4v) is 2.19. The number of methoxy groups -OCH3 is 2. The van der Waals surface area contributed by atoms with Crippen molar-refractivity contribution in [3.8, 4) is 0 Å². The van der Waals surface area contributed by atoms with E-state index in [2.05, 4.69) is 9.47 Å². The number of ether oxygens (including phenoxy) is 2. The second-order valence-corrected chi connectivity index (χ2v) is 7.56. The zero-order valence-electron chi connectivity index (χ0n) is 15.3. The molecular weight excluding hydrogens is 320 g/mol. The number of rotatable bonds is 5. The molecule has 0 aromatic rings. The molecule has 0 bridgehead atoms. The molecule has 0 amide bonds. The predicted molar refractivity (Wildman–Crippen MR) is 82.9 cm³/mol. The Labute approximate surface area is 141 Å². The molecule has 0 spiro atoms. The van der Waals surface area contributed by atoms with E-state index in [0.717, 1.165) is 14.2 Å². The number of aliphatic hydroxyl groups is 2. The van der Waals surface area contributed by atoms with Crippen LogP contribution in [0.25, 0.3) is 0 Å². The van der Waals surface area contributed by atoms with Crippen LogP contribution in [0.4, 0.5) is 0 Å². The van der Waals surface area contributed by atoms with E-state index in [-0.39, 0.29) is 0 Å². The summed E-state index contributed by atoms with van der Waals surface area (Å²) in [4.78, 5) is 49.8. The maximum absolute atomic E-state index is 12.7. The van der Waals surface area contributed by atoms with Crippen molar-refractivity contribution >= 4 is 23.5 Å². The highest BCUT2D eigenvalue weighted by Crippen LogP contribution is 2.38. The van der Waals surface area contributed by atoms with Gasteiger partial charge in [-0.3, -0.25) is 9.59 Å². The molecule has 0 saturated heterocycles. The maximum Gasteiger partial charge on any atom is 0.350 e. The van der Waals surface area contributed by atoms with E-state index in [1.807, 2.05) is 0 Å². The molecule has 8 nitrogen and oxygen atoms in total. The van der Waals surface area contributed by atoms with E-state index in [9.17, 15) is 29.4 Å². The largest absolute Gasteiger partial charge is 0.466 e. The molecule has 0 aromatic heterocycles. The second-order valence-electron chi connectivity index (χ2n) is 7.56. The number of Topliss-reactive ketones (excluding diaryl/α,β-unsaturated/α-hetero) is 2. The van der Waals surface area contributed by atoms with Gasteiger partial charge in [0.25, 0.3) is 11.2 Å². The Balaban J connectivity index is 6.88. The smallest absolute Gasteiger partial charge is 0.350 e. The molecular formula is C16H26O8. The molecule has 2 unspecified atom stereocenters. The van der Waals surface area contributed by atoms with Gasteiger partial charge in [-0.05, 0) is 0 Å². The average Bonchev–Trinajstić information content (AvgIpc) is 2.47. The zero-order valence-corrected chi connectivity index (χ0v) is 15.3. The van der Waals surface area contributed by atoms with Crippen LogP contribution in [0.15, 0.2) is 0 Å². The van der Waals surface area contributed by atoms with Crippen LogP contribution in [0, 0.1) is 10.8 Å². The van der Waals surface area contributed by atoms with Gasteiger partial charge >= 0.3 is 11.9 Å². The number of carbonyl (C=O) groups excluding carboxylic acids is 4. The summed E-state index contributed by atoms with van der Waals surface area (Å²) in [7, 11) is 1.70. The Morgan fingerprint density at radius 3 is 0.958 bits per heavy atom. The number of ketones is 2. The van der Waals surface area contributed by atoms with Crippen molar-refractivity contribution < 1.29 is 38.9 Å². The summed E-state index contributed by atoms with van der Waals surface area (Å²) < 4.78 is 8.81. The first-order valence-corrected chi connectivity index (χ1v) is 7.24. The summed E-state index contributed by atoms with van der Waals surface area (Å²) in [5.41, 5.74) is -9.69. The molecule has 0 rings (SSSR count). The first kappa shape index (κ1) is 22.2. The summed E-state index contributed by atoms with van der Waals surface area (Å²) in [6.45, 7) is 8.10. The molecule has 0 aliphatic rings. The summed E-state index contributed by atoms with van der Waals surface area (Å²) in [6, 6.07) is 0. The maximum atomic E-state index is 12.7. The number of carbonyl (C=O) groups is 4. The first-order chi connectivity index (χ1) is 10.5. The van der Waals surface area contributed by atoms with Crippen LogP contribution in [0.5, 0.6) is 0 Å². The Hall–Kier alpha value is -1.80. The van der Waals surface area contributed by atoms with Gasteiger partial charge < -0.3 is 19.7 Å². The van der Waals surface area contributed by atoms with Gasteiger partial charge in [0.15, 0.2) is 11.6 Å². The standard InChI is InChI=1S/C16H26O8/c1-13(2,3)9(17)15(21,11(19)23-7)16(22,12(20)24-8)10(18)14(4,5)6/h21-22H,1-8H3. The number of hydrogen-bond acceptors (Lipinski definition) is 8. The van der Waals surface area contributed by atoms with Gasteiger partial charge in [0.2, 0.25) is 0 Å². The summed E-state index contributed by atoms with van der Waals surface area (Å²) in [6.07, 6.45) is 0. The monoisotopic (exact) mass is 346 g/mol. The Morgan fingerprint density at radius 2 is 0.833 bits per heavy atom. The minimum Gasteiger partial charge on any atom is -0.466 e. The molecule has 2 N–H and O–H groups in total. The number of hydrogen-bond donors (Lipinski definition) is 2. The third kappa shape index (κ3) is 3.34. The van der Waals surface area contributed by atoms with Crippen LogP contribution in [0.2, 0.25) is 0 Å². The Kier molecular flexibility index (Phi) is 6.11.